The Balaban J connectivity index is 1.64. The van der Waals surface area contributed by atoms with Crippen LogP contribution < -0.4 is 10.1 Å². The molecule has 0 aliphatic carbocycles. The van der Waals surface area contributed by atoms with Gasteiger partial charge in [-0.15, -0.1) is 0 Å². The molecule has 2 aliphatic rings. The van der Waals surface area contributed by atoms with Crippen molar-refractivity contribution in [2.24, 2.45) is 17.8 Å². The molecule has 1 aromatic rings. The number of benzene rings is 1. The van der Waals surface area contributed by atoms with Crippen LogP contribution in [0.4, 0.5) is 0 Å². The van der Waals surface area contributed by atoms with Gasteiger partial charge in [-0.25, -0.2) is 8.42 Å². The molecule has 7 nitrogen and oxygen atoms in total. The van der Waals surface area contributed by atoms with Crippen LogP contribution in [0.5, 0.6) is 5.75 Å². The van der Waals surface area contributed by atoms with Crippen LogP contribution in [0.25, 0.3) is 0 Å². The number of carbonyl (C=O) groups is 1. The lowest BCUT2D eigenvalue weighted by molar-refractivity contribution is 0.0950. The fourth-order valence-corrected chi connectivity index (χ4v) is 6.71. The van der Waals surface area contributed by atoms with Gasteiger partial charge in [0.1, 0.15) is 10.6 Å². The first-order chi connectivity index (χ1) is 15.2. The Morgan fingerprint density at radius 1 is 1.09 bits per heavy atom. The molecule has 2 fully saturated rings. The van der Waals surface area contributed by atoms with Gasteiger partial charge < -0.3 is 15.0 Å². The molecule has 0 radical (unpaired) electrons. The number of methoxy groups -OCH3 is 1. The maximum atomic E-state index is 13.4. The van der Waals surface area contributed by atoms with Crippen LogP contribution in [0.2, 0.25) is 0 Å². The predicted molar refractivity (Wildman–Crippen MR) is 126 cm³/mol. The van der Waals surface area contributed by atoms with E-state index in [9.17, 15) is 13.2 Å². The molecule has 2 unspecified atom stereocenters. The first kappa shape index (κ1) is 25.0. The summed E-state index contributed by atoms with van der Waals surface area (Å²) in [6.07, 6.45) is 4.38. The van der Waals surface area contributed by atoms with Crippen molar-refractivity contribution in [3.8, 4) is 5.75 Å². The van der Waals surface area contributed by atoms with Crippen molar-refractivity contribution in [3.63, 3.8) is 0 Å². The number of nitrogens with one attached hydrogen (secondary N) is 1. The maximum Gasteiger partial charge on any atom is 0.251 e. The highest BCUT2D eigenvalue weighted by Gasteiger charge is 2.34. The summed E-state index contributed by atoms with van der Waals surface area (Å²) >= 11 is 0. The summed E-state index contributed by atoms with van der Waals surface area (Å²) in [6, 6.07) is 4.66. The fourth-order valence-electron chi connectivity index (χ4n) is 4.85. The van der Waals surface area contributed by atoms with Gasteiger partial charge in [0, 0.05) is 25.2 Å². The number of carbonyl (C=O) groups excluding carboxylic acids is 1. The lowest BCUT2D eigenvalue weighted by Gasteiger charge is -2.34. The monoisotopic (exact) mass is 465 g/mol. The smallest absolute Gasteiger partial charge is 0.251 e. The van der Waals surface area contributed by atoms with Gasteiger partial charge in [-0.05, 0) is 81.3 Å². The van der Waals surface area contributed by atoms with Crippen molar-refractivity contribution < 1.29 is 17.9 Å². The third kappa shape index (κ3) is 6.23. The molecule has 1 aromatic carbocycles. The molecule has 3 rings (SSSR count). The lowest BCUT2D eigenvalue weighted by atomic mass is 9.94. The van der Waals surface area contributed by atoms with E-state index < -0.39 is 10.0 Å². The Bertz CT molecular complexity index is 871. The molecule has 0 aromatic heterocycles. The molecule has 0 spiro atoms. The number of sulfonamides is 1. The Hall–Kier alpha value is -1.64. The van der Waals surface area contributed by atoms with Crippen LogP contribution in [0.1, 0.15) is 56.8 Å². The van der Waals surface area contributed by atoms with E-state index in [0.29, 0.717) is 37.0 Å². The van der Waals surface area contributed by atoms with Crippen molar-refractivity contribution in [1.29, 1.82) is 0 Å². The topological polar surface area (TPSA) is 79.0 Å². The van der Waals surface area contributed by atoms with Crippen molar-refractivity contribution in [1.82, 2.24) is 14.5 Å². The van der Waals surface area contributed by atoms with E-state index in [1.54, 1.807) is 12.1 Å². The zero-order valence-corrected chi connectivity index (χ0v) is 20.8. The molecule has 32 heavy (non-hydrogen) atoms. The maximum absolute atomic E-state index is 13.4. The molecule has 2 atom stereocenters. The van der Waals surface area contributed by atoms with Crippen molar-refractivity contribution in [3.05, 3.63) is 23.8 Å². The van der Waals surface area contributed by atoms with Crippen molar-refractivity contribution >= 4 is 15.9 Å². The molecule has 2 saturated heterocycles. The fraction of sp³-hybridized carbons (Fsp3) is 0.708. The number of hydrogen-bond donors (Lipinski definition) is 1. The summed E-state index contributed by atoms with van der Waals surface area (Å²) in [5, 5.41) is 2.94. The van der Waals surface area contributed by atoms with E-state index in [1.807, 2.05) is 0 Å². The molecule has 180 valence electrons. The average Bonchev–Trinajstić information content (AvgIpc) is 2.76. The highest BCUT2D eigenvalue weighted by molar-refractivity contribution is 7.89. The zero-order valence-electron chi connectivity index (χ0n) is 20.0. The van der Waals surface area contributed by atoms with Crippen LogP contribution in [-0.2, 0) is 10.0 Å². The average molecular weight is 466 g/mol. The molecule has 1 N–H and O–H groups in total. The van der Waals surface area contributed by atoms with Crippen LogP contribution in [0.3, 0.4) is 0 Å². The standard InChI is InChI=1S/C24H39N3O4S/c1-18-8-12-26(13-9-18)11-5-10-25-24(28)21-6-7-22(31-4)23(15-21)32(29,30)27-16-19(2)14-20(3)17-27/h6-7,15,18-20H,5,8-14,16-17H2,1-4H3,(H,25,28). The van der Waals surface area contributed by atoms with Crippen molar-refractivity contribution in [2.75, 3.05) is 46.4 Å². The third-order valence-electron chi connectivity index (χ3n) is 6.69. The highest BCUT2D eigenvalue weighted by Crippen LogP contribution is 2.32. The second-order valence-electron chi connectivity index (χ2n) is 9.77. The second-order valence-corrected chi connectivity index (χ2v) is 11.7. The number of piperidine rings is 2. The summed E-state index contributed by atoms with van der Waals surface area (Å²) in [7, 11) is -2.29. The molecule has 2 heterocycles. The van der Waals surface area contributed by atoms with Crippen molar-refractivity contribution in [2.45, 2.75) is 51.3 Å². The first-order valence-corrected chi connectivity index (χ1v) is 13.3. The lowest BCUT2D eigenvalue weighted by Crippen LogP contribution is -2.42. The van der Waals surface area contributed by atoms with E-state index in [1.165, 1.54) is 30.3 Å². The van der Waals surface area contributed by atoms with Gasteiger partial charge in [0.05, 0.1) is 7.11 Å². The molecular formula is C24H39N3O4S. The van der Waals surface area contributed by atoms with Gasteiger partial charge >= 0.3 is 0 Å². The molecule has 0 saturated carbocycles. The second kappa shape index (κ2) is 11.0. The van der Waals surface area contributed by atoms with Gasteiger partial charge in [-0.3, -0.25) is 4.79 Å². The summed E-state index contributed by atoms with van der Waals surface area (Å²) in [5.41, 5.74) is 0.342. The number of ether oxygens (including phenoxy) is 1. The van der Waals surface area contributed by atoms with Gasteiger partial charge in [-0.2, -0.15) is 4.31 Å². The number of likely N-dealkylation sites (tertiary alicyclic amines) is 1. The van der Waals surface area contributed by atoms with Gasteiger partial charge in [0.25, 0.3) is 5.91 Å². The van der Waals surface area contributed by atoms with Gasteiger partial charge in [0.2, 0.25) is 10.0 Å². The summed E-state index contributed by atoms with van der Waals surface area (Å²) in [5.74, 6) is 1.43. The molecule has 2 aliphatic heterocycles. The number of nitrogens with zero attached hydrogens (tertiary/aromatic N) is 2. The highest BCUT2D eigenvalue weighted by atomic mass is 32.2. The first-order valence-electron chi connectivity index (χ1n) is 11.9. The van der Waals surface area contributed by atoms with Gasteiger partial charge in [-0.1, -0.05) is 20.8 Å². The molecule has 0 bridgehead atoms. The molecular weight excluding hydrogens is 426 g/mol. The Morgan fingerprint density at radius 3 is 2.38 bits per heavy atom. The Morgan fingerprint density at radius 2 is 1.75 bits per heavy atom. The number of hydrogen-bond acceptors (Lipinski definition) is 5. The van der Waals surface area contributed by atoms with E-state index in [0.717, 1.165) is 38.4 Å². The summed E-state index contributed by atoms with van der Waals surface area (Å²) in [4.78, 5) is 15.2. The van der Waals surface area contributed by atoms with Gasteiger partial charge in [0.15, 0.2) is 0 Å². The van der Waals surface area contributed by atoms with Crippen LogP contribution >= 0.6 is 0 Å². The Kier molecular flexibility index (Phi) is 8.58. The van der Waals surface area contributed by atoms with E-state index >= 15 is 0 Å². The predicted octanol–water partition coefficient (Wildman–Crippen LogP) is 3.21. The van der Waals surface area contributed by atoms with Crippen LogP contribution in [0.15, 0.2) is 23.1 Å². The van der Waals surface area contributed by atoms with Crippen LogP contribution in [-0.4, -0.2) is 69.9 Å². The molecule has 8 heteroatoms. The quantitative estimate of drug-likeness (QED) is 0.597. The SMILES string of the molecule is COc1ccc(C(=O)NCCCN2CCC(C)CC2)cc1S(=O)(=O)N1CC(C)CC(C)C1. The Labute approximate surface area is 193 Å². The minimum absolute atomic E-state index is 0.0661. The number of rotatable bonds is 8. The van der Waals surface area contributed by atoms with E-state index in [-0.39, 0.29) is 16.6 Å². The largest absolute Gasteiger partial charge is 0.495 e. The van der Waals surface area contributed by atoms with E-state index in [2.05, 4.69) is 31.0 Å². The zero-order chi connectivity index (χ0) is 23.3. The summed E-state index contributed by atoms with van der Waals surface area (Å²) in [6.45, 7) is 11.2. The van der Waals surface area contributed by atoms with Crippen LogP contribution in [0, 0.1) is 17.8 Å². The van der Waals surface area contributed by atoms with E-state index in [4.69, 9.17) is 4.74 Å². The third-order valence-corrected chi connectivity index (χ3v) is 8.54. The minimum Gasteiger partial charge on any atom is -0.495 e. The summed E-state index contributed by atoms with van der Waals surface area (Å²) < 4.78 is 33.7. The minimum atomic E-state index is -3.75. The number of amides is 1. The molecule has 1 amide bonds. The normalized spacial score (nSPS) is 23.8.